The second-order valence-electron chi connectivity index (χ2n) is 4.82. The number of thiazole rings is 1. The fourth-order valence-electron chi connectivity index (χ4n) is 1.88. The Labute approximate surface area is 153 Å². The quantitative estimate of drug-likeness (QED) is 0.555. The van der Waals surface area contributed by atoms with E-state index in [1.807, 2.05) is 13.0 Å². The molecule has 1 aromatic heterocycles. The molecule has 0 saturated heterocycles. The predicted octanol–water partition coefficient (Wildman–Crippen LogP) is 2.30. The number of ether oxygens (including phenoxy) is 3. The number of hydrogen-bond donors (Lipinski definition) is 1. The van der Waals surface area contributed by atoms with Gasteiger partial charge >= 0.3 is 11.9 Å². The monoisotopic (exact) mass is 378 g/mol. The van der Waals surface area contributed by atoms with Crippen molar-refractivity contribution in [1.82, 2.24) is 4.98 Å². The molecule has 0 aliphatic carbocycles. The highest BCUT2D eigenvalue weighted by atomic mass is 32.1. The summed E-state index contributed by atoms with van der Waals surface area (Å²) in [5, 5.41) is 2.94. The topological polar surface area (TPSA) is 104 Å². The van der Waals surface area contributed by atoms with E-state index in [0.29, 0.717) is 11.7 Å². The zero-order valence-electron chi connectivity index (χ0n) is 14.3. The van der Waals surface area contributed by atoms with Gasteiger partial charge in [0.25, 0.3) is 5.91 Å². The summed E-state index contributed by atoms with van der Waals surface area (Å²) in [6, 6.07) is 5.44. The Kier molecular flexibility index (Phi) is 7.10. The number of fused-ring (bicyclic) bond motifs is 1. The molecule has 1 aromatic carbocycles. The highest BCUT2D eigenvalue weighted by Crippen LogP contribution is 2.29. The second kappa shape index (κ2) is 9.52. The highest BCUT2D eigenvalue weighted by Gasteiger charge is 2.10. The maximum Gasteiger partial charge on any atom is 0.331 e. The number of benzene rings is 1. The molecule has 138 valence electrons. The molecule has 1 amide bonds. The third-order valence-electron chi connectivity index (χ3n) is 2.90. The average molecular weight is 378 g/mol. The molecule has 2 rings (SSSR count). The summed E-state index contributed by atoms with van der Waals surface area (Å²) in [5.74, 6) is -1.29. The van der Waals surface area contributed by atoms with Crippen molar-refractivity contribution < 1.29 is 28.6 Å². The van der Waals surface area contributed by atoms with Gasteiger partial charge in [-0.25, -0.2) is 14.6 Å². The molecule has 0 fully saturated rings. The summed E-state index contributed by atoms with van der Waals surface area (Å²) in [4.78, 5) is 38.6. The van der Waals surface area contributed by atoms with Gasteiger partial charge in [0.1, 0.15) is 5.75 Å². The Bertz CT molecular complexity index is 830. The molecule has 2 aromatic rings. The first kappa shape index (κ1) is 19.4. The van der Waals surface area contributed by atoms with Crippen LogP contribution < -0.4 is 10.1 Å². The van der Waals surface area contributed by atoms with Gasteiger partial charge in [0.2, 0.25) is 0 Å². The van der Waals surface area contributed by atoms with Crippen LogP contribution in [-0.2, 0) is 23.9 Å². The number of carbonyl (C=O) groups is 3. The van der Waals surface area contributed by atoms with Crippen LogP contribution in [0.3, 0.4) is 0 Å². The maximum atomic E-state index is 11.8. The minimum atomic E-state index is -0.821. The highest BCUT2D eigenvalue weighted by molar-refractivity contribution is 7.22. The van der Waals surface area contributed by atoms with Crippen molar-refractivity contribution in [2.24, 2.45) is 0 Å². The molecule has 0 spiro atoms. The SMILES string of the molecule is CCOC(=O)/C=C/C(=O)OCC(=O)Nc1nc2ccc(OCC)cc2s1. The first-order valence-electron chi connectivity index (χ1n) is 7.86. The minimum absolute atomic E-state index is 0.203. The van der Waals surface area contributed by atoms with Gasteiger partial charge in [-0.3, -0.25) is 10.1 Å². The first-order valence-corrected chi connectivity index (χ1v) is 8.68. The minimum Gasteiger partial charge on any atom is -0.494 e. The number of esters is 2. The molecule has 1 N–H and O–H groups in total. The van der Waals surface area contributed by atoms with Gasteiger partial charge in [-0.15, -0.1) is 0 Å². The smallest absolute Gasteiger partial charge is 0.331 e. The van der Waals surface area contributed by atoms with Crippen molar-refractivity contribution in [1.29, 1.82) is 0 Å². The van der Waals surface area contributed by atoms with E-state index in [1.54, 1.807) is 19.1 Å². The number of aromatic nitrogens is 1. The number of amides is 1. The molecule has 26 heavy (non-hydrogen) atoms. The molecular formula is C17H18N2O6S. The van der Waals surface area contributed by atoms with Crippen LogP contribution in [0.25, 0.3) is 10.2 Å². The zero-order chi connectivity index (χ0) is 18.9. The molecule has 0 saturated carbocycles. The third kappa shape index (κ3) is 5.85. The van der Waals surface area contributed by atoms with Crippen LogP contribution in [0.2, 0.25) is 0 Å². The maximum absolute atomic E-state index is 11.8. The van der Waals surface area contributed by atoms with Crippen molar-refractivity contribution in [3.8, 4) is 5.75 Å². The van der Waals surface area contributed by atoms with Gasteiger partial charge in [0, 0.05) is 12.2 Å². The lowest BCUT2D eigenvalue weighted by Gasteiger charge is -2.01. The number of hydrogen-bond acceptors (Lipinski definition) is 8. The molecular weight excluding hydrogens is 360 g/mol. The zero-order valence-corrected chi connectivity index (χ0v) is 15.1. The van der Waals surface area contributed by atoms with Crippen LogP contribution in [-0.4, -0.2) is 42.7 Å². The Balaban J connectivity index is 1.86. The van der Waals surface area contributed by atoms with E-state index in [2.05, 4.69) is 15.0 Å². The summed E-state index contributed by atoms with van der Waals surface area (Å²) in [6.07, 6.45) is 1.84. The van der Waals surface area contributed by atoms with Crippen molar-refractivity contribution >= 4 is 44.5 Å². The molecule has 0 atom stereocenters. The normalized spacial score (nSPS) is 10.7. The van der Waals surface area contributed by atoms with E-state index in [4.69, 9.17) is 9.47 Å². The molecule has 0 aliphatic rings. The van der Waals surface area contributed by atoms with Crippen molar-refractivity contribution in [3.05, 3.63) is 30.4 Å². The Hall–Kier alpha value is -2.94. The van der Waals surface area contributed by atoms with E-state index in [-0.39, 0.29) is 6.61 Å². The molecule has 0 radical (unpaired) electrons. The summed E-state index contributed by atoms with van der Waals surface area (Å²) >= 11 is 1.28. The molecule has 0 unspecified atom stereocenters. The van der Waals surface area contributed by atoms with Gasteiger partial charge in [-0.05, 0) is 32.0 Å². The predicted molar refractivity (Wildman–Crippen MR) is 96.2 cm³/mol. The van der Waals surface area contributed by atoms with Crippen LogP contribution >= 0.6 is 11.3 Å². The Morgan fingerprint density at radius 1 is 1.12 bits per heavy atom. The summed E-state index contributed by atoms with van der Waals surface area (Å²) in [7, 11) is 0. The summed E-state index contributed by atoms with van der Waals surface area (Å²) in [6.45, 7) is 3.81. The lowest BCUT2D eigenvalue weighted by Crippen LogP contribution is -2.20. The van der Waals surface area contributed by atoms with Gasteiger partial charge in [0.05, 0.1) is 23.4 Å². The van der Waals surface area contributed by atoms with Crippen molar-refractivity contribution in [3.63, 3.8) is 0 Å². The van der Waals surface area contributed by atoms with Gasteiger partial charge in [-0.2, -0.15) is 0 Å². The Morgan fingerprint density at radius 3 is 2.54 bits per heavy atom. The van der Waals surface area contributed by atoms with Crippen LogP contribution in [0.1, 0.15) is 13.8 Å². The number of carbonyl (C=O) groups excluding carboxylic acids is 3. The van der Waals surface area contributed by atoms with Crippen molar-refractivity contribution in [2.75, 3.05) is 25.1 Å². The van der Waals surface area contributed by atoms with Gasteiger partial charge < -0.3 is 14.2 Å². The van der Waals surface area contributed by atoms with Crippen LogP contribution in [0.4, 0.5) is 5.13 Å². The molecule has 0 bridgehead atoms. The van der Waals surface area contributed by atoms with E-state index in [9.17, 15) is 14.4 Å². The standard InChI is InChI=1S/C17H18N2O6S/c1-3-23-11-5-6-12-13(9-11)26-17(18-12)19-14(20)10-25-16(22)8-7-15(21)24-4-2/h5-9H,3-4,10H2,1-2H3,(H,18,19,20)/b8-7+. The van der Waals surface area contributed by atoms with Crippen LogP contribution in [0, 0.1) is 0 Å². The molecule has 1 heterocycles. The lowest BCUT2D eigenvalue weighted by atomic mass is 10.3. The molecule has 9 heteroatoms. The Morgan fingerprint density at radius 2 is 1.85 bits per heavy atom. The molecule has 8 nitrogen and oxygen atoms in total. The van der Waals surface area contributed by atoms with E-state index < -0.39 is 24.5 Å². The fourth-order valence-corrected chi connectivity index (χ4v) is 2.79. The fraction of sp³-hybridized carbons (Fsp3) is 0.294. The van der Waals surface area contributed by atoms with E-state index >= 15 is 0 Å². The first-order chi connectivity index (χ1) is 12.5. The van der Waals surface area contributed by atoms with Gasteiger partial charge in [0.15, 0.2) is 11.7 Å². The lowest BCUT2D eigenvalue weighted by molar-refractivity contribution is -0.143. The van der Waals surface area contributed by atoms with E-state index in [0.717, 1.165) is 28.1 Å². The third-order valence-corrected chi connectivity index (χ3v) is 3.84. The average Bonchev–Trinajstić information content (AvgIpc) is 3.00. The van der Waals surface area contributed by atoms with Crippen LogP contribution in [0.5, 0.6) is 5.75 Å². The van der Waals surface area contributed by atoms with E-state index in [1.165, 1.54) is 11.3 Å². The van der Waals surface area contributed by atoms with Crippen molar-refractivity contribution in [2.45, 2.75) is 13.8 Å². The number of nitrogens with zero attached hydrogens (tertiary/aromatic N) is 1. The van der Waals surface area contributed by atoms with Gasteiger partial charge in [-0.1, -0.05) is 11.3 Å². The number of nitrogens with one attached hydrogen (secondary N) is 1. The largest absolute Gasteiger partial charge is 0.494 e. The number of anilines is 1. The second-order valence-corrected chi connectivity index (χ2v) is 5.85. The van der Waals surface area contributed by atoms with Crippen LogP contribution in [0.15, 0.2) is 30.4 Å². The summed E-state index contributed by atoms with van der Waals surface area (Å²) < 4.78 is 15.6. The summed E-state index contributed by atoms with van der Waals surface area (Å²) in [5.41, 5.74) is 0.725. The number of rotatable bonds is 8. The molecule has 0 aliphatic heterocycles.